The van der Waals surface area contributed by atoms with Crippen LogP contribution in [0.2, 0.25) is 0 Å². The van der Waals surface area contributed by atoms with Crippen molar-refractivity contribution in [3.63, 3.8) is 0 Å². The van der Waals surface area contributed by atoms with Gasteiger partial charge in [-0.1, -0.05) is 12.1 Å². The molecule has 25 heavy (non-hydrogen) atoms. The molecule has 1 aromatic carbocycles. The first-order valence-corrected chi connectivity index (χ1v) is 9.76. The van der Waals surface area contributed by atoms with Gasteiger partial charge >= 0.3 is 0 Å². The zero-order valence-corrected chi connectivity index (χ0v) is 15.7. The van der Waals surface area contributed by atoms with Crippen molar-refractivity contribution in [2.45, 2.75) is 39.2 Å². The first-order chi connectivity index (χ1) is 12.1. The Morgan fingerprint density at radius 3 is 2.64 bits per heavy atom. The Labute approximate surface area is 151 Å². The number of aryl methyl sites for hydroxylation is 1. The van der Waals surface area contributed by atoms with Crippen LogP contribution in [0.15, 0.2) is 18.2 Å². The van der Waals surface area contributed by atoms with E-state index >= 15 is 0 Å². The molecule has 5 heteroatoms. The maximum Gasteiger partial charge on any atom is 0.279 e. The predicted molar refractivity (Wildman–Crippen MR) is 99.3 cm³/mol. The number of quaternary nitrogens is 2. The number of carbonyl (C=O) groups is 1. The van der Waals surface area contributed by atoms with Crippen molar-refractivity contribution in [2.75, 3.05) is 51.2 Å². The Bertz CT molecular complexity index is 576. The van der Waals surface area contributed by atoms with Gasteiger partial charge in [-0.15, -0.1) is 0 Å². The molecule has 0 unspecified atom stereocenters. The maximum atomic E-state index is 12.4. The van der Waals surface area contributed by atoms with Crippen LogP contribution in [0, 0.1) is 13.8 Å². The van der Waals surface area contributed by atoms with Gasteiger partial charge in [0.1, 0.15) is 38.8 Å². The molecule has 5 nitrogen and oxygen atoms in total. The predicted octanol–water partition coefficient (Wildman–Crippen LogP) is -0.406. The number of carbonyl (C=O) groups excluding carboxylic acids is 1. The molecule has 2 aliphatic heterocycles. The minimum absolute atomic E-state index is 0.128. The smallest absolute Gasteiger partial charge is 0.279 e. The maximum absolute atomic E-state index is 12.4. The third kappa shape index (κ3) is 5.27. The van der Waals surface area contributed by atoms with Gasteiger partial charge in [-0.05, 0) is 50.3 Å². The first kappa shape index (κ1) is 18.4. The van der Waals surface area contributed by atoms with Crippen LogP contribution in [0.4, 0.5) is 5.69 Å². The number of hydrogen-bond acceptors (Lipinski definition) is 2. The Balaban J connectivity index is 1.41. The van der Waals surface area contributed by atoms with Crippen molar-refractivity contribution in [1.82, 2.24) is 0 Å². The van der Waals surface area contributed by atoms with Crippen LogP contribution in [-0.4, -0.2) is 57.9 Å². The number of piperazine rings is 1. The lowest BCUT2D eigenvalue weighted by Gasteiger charge is -2.32. The molecule has 1 atom stereocenters. The summed E-state index contributed by atoms with van der Waals surface area (Å²) in [6, 6.07) is 6.07. The Morgan fingerprint density at radius 2 is 1.92 bits per heavy atom. The Kier molecular flexibility index (Phi) is 6.45. The lowest BCUT2D eigenvalue weighted by Crippen LogP contribution is -3.28. The summed E-state index contributed by atoms with van der Waals surface area (Å²) in [4.78, 5) is 15.4. The van der Waals surface area contributed by atoms with Crippen molar-refractivity contribution in [3.05, 3.63) is 29.3 Å². The standard InChI is InChI=1S/C20H31N3O2/c1-16-6-5-8-19(17(16)2)21-20(24)15-23-11-9-22(10-12-23)14-18-7-3-4-13-25-18/h5-6,8,18H,3-4,7,9-15H2,1-2H3,(H,21,24)/p+2/t18-/m1/s1. The van der Waals surface area contributed by atoms with Crippen molar-refractivity contribution in [2.24, 2.45) is 0 Å². The van der Waals surface area contributed by atoms with Gasteiger partial charge in [-0.25, -0.2) is 0 Å². The molecule has 0 radical (unpaired) electrons. The van der Waals surface area contributed by atoms with Crippen molar-refractivity contribution >= 4 is 11.6 Å². The van der Waals surface area contributed by atoms with E-state index in [1.807, 2.05) is 12.1 Å². The fourth-order valence-electron chi connectivity index (χ4n) is 3.94. The minimum atomic E-state index is 0.128. The van der Waals surface area contributed by atoms with E-state index in [1.54, 1.807) is 4.90 Å². The summed E-state index contributed by atoms with van der Waals surface area (Å²) in [6.07, 6.45) is 4.21. The molecule has 2 heterocycles. The fourth-order valence-corrected chi connectivity index (χ4v) is 3.94. The van der Waals surface area contributed by atoms with E-state index in [1.165, 1.54) is 29.7 Å². The molecule has 1 amide bonds. The highest BCUT2D eigenvalue weighted by molar-refractivity contribution is 5.92. The number of nitrogens with one attached hydrogen (secondary N) is 3. The number of amides is 1. The SMILES string of the molecule is Cc1cccc(NC(=O)C[NH+]2CC[NH+](C[C@H]3CCCCO3)CC2)c1C. The molecule has 2 aliphatic rings. The zero-order chi connectivity index (χ0) is 17.6. The molecule has 0 aromatic heterocycles. The number of ether oxygens (including phenoxy) is 1. The summed E-state index contributed by atoms with van der Waals surface area (Å²) in [7, 11) is 0. The van der Waals surface area contributed by atoms with E-state index < -0.39 is 0 Å². The molecule has 2 saturated heterocycles. The molecular formula is C20H33N3O2+2. The topological polar surface area (TPSA) is 47.2 Å². The van der Waals surface area contributed by atoms with Crippen molar-refractivity contribution in [3.8, 4) is 0 Å². The van der Waals surface area contributed by atoms with Crippen LogP contribution >= 0.6 is 0 Å². The van der Waals surface area contributed by atoms with Gasteiger partial charge < -0.3 is 19.9 Å². The Hall–Kier alpha value is -1.43. The quantitative estimate of drug-likeness (QED) is 0.679. The molecular weight excluding hydrogens is 314 g/mol. The second kappa shape index (κ2) is 8.79. The molecule has 2 fully saturated rings. The number of rotatable bonds is 5. The van der Waals surface area contributed by atoms with E-state index in [9.17, 15) is 4.79 Å². The summed E-state index contributed by atoms with van der Waals surface area (Å²) in [5.74, 6) is 0.128. The van der Waals surface area contributed by atoms with E-state index in [-0.39, 0.29) is 5.91 Å². The normalized spacial score (nSPS) is 27.0. The highest BCUT2D eigenvalue weighted by Gasteiger charge is 2.28. The molecule has 3 N–H and O–H groups in total. The molecule has 0 spiro atoms. The second-order valence-electron chi connectivity index (χ2n) is 7.67. The van der Waals surface area contributed by atoms with Crippen molar-refractivity contribution in [1.29, 1.82) is 0 Å². The summed E-state index contributed by atoms with van der Waals surface area (Å²) in [6.45, 7) is 11.2. The second-order valence-corrected chi connectivity index (χ2v) is 7.67. The molecule has 0 aliphatic carbocycles. The van der Waals surface area contributed by atoms with Gasteiger partial charge in [0, 0.05) is 12.3 Å². The van der Waals surface area contributed by atoms with E-state index in [0.717, 1.165) is 50.6 Å². The molecule has 3 rings (SSSR count). The number of benzene rings is 1. The third-order valence-corrected chi connectivity index (χ3v) is 5.74. The summed E-state index contributed by atoms with van der Waals surface area (Å²) in [5, 5.41) is 3.09. The fraction of sp³-hybridized carbons (Fsp3) is 0.650. The van der Waals surface area contributed by atoms with Crippen LogP contribution in [0.1, 0.15) is 30.4 Å². The van der Waals surface area contributed by atoms with Gasteiger partial charge in [0.2, 0.25) is 0 Å². The average molecular weight is 348 g/mol. The summed E-state index contributed by atoms with van der Waals surface area (Å²) in [5.41, 5.74) is 3.32. The average Bonchev–Trinajstić information content (AvgIpc) is 2.62. The van der Waals surface area contributed by atoms with Gasteiger partial charge in [0.25, 0.3) is 5.91 Å². The third-order valence-electron chi connectivity index (χ3n) is 5.74. The van der Waals surface area contributed by atoms with Gasteiger partial charge in [0.15, 0.2) is 6.54 Å². The molecule has 1 aromatic rings. The lowest BCUT2D eigenvalue weighted by molar-refractivity contribution is -1.01. The summed E-state index contributed by atoms with van der Waals surface area (Å²) >= 11 is 0. The van der Waals surface area contributed by atoms with E-state index in [0.29, 0.717) is 12.6 Å². The van der Waals surface area contributed by atoms with Crippen molar-refractivity contribution < 1.29 is 19.3 Å². The van der Waals surface area contributed by atoms with E-state index in [4.69, 9.17) is 4.74 Å². The largest absolute Gasteiger partial charge is 0.372 e. The van der Waals surface area contributed by atoms with Crippen LogP contribution in [0.5, 0.6) is 0 Å². The van der Waals surface area contributed by atoms with Crippen LogP contribution in [-0.2, 0) is 9.53 Å². The van der Waals surface area contributed by atoms with Gasteiger partial charge in [-0.3, -0.25) is 4.79 Å². The van der Waals surface area contributed by atoms with Crippen LogP contribution in [0.25, 0.3) is 0 Å². The van der Waals surface area contributed by atoms with Crippen LogP contribution in [0.3, 0.4) is 0 Å². The Morgan fingerprint density at radius 1 is 1.16 bits per heavy atom. The van der Waals surface area contributed by atoms with Crippen LogP contribution < -0.4 is 15.1 Å². The van der Waals surface area contributed by atoms with E-state index in [2.05, 4.69) is 25.2 Å². The lowest BCUT2D eigenvalue weighted by atomic mass is 10.1. The number of anilines is 1. The first-order valence-electron chi connectivity index (χ1n) is 9.76. The minimum Gasteiger partial charge on any atom is -0.372 e. The van der Waals surface area contributed by atoms with Gasteiger partial charge in [0.05, 0.1) is 0 Å². The molecule has 0 bridgehead atoms. The number of hydrogen-bond donors (Lipinski definition) is 3. The van der Waals surface area contributed by atoms with Gasteiger partial charge in [-0.2, -0.15) is 0 Å². The highest BCUT2D eigenvalue weighted by atomic mass is 16.5. The zero-order valence-electron chi connectivity index (χ0n) is 15.7. The summed E-state index contributed by atoms with van der Waals surface area (Å²) < 4.78 is 5.87. The molecule has 0 saturated carbocycles. The monoisotopic (exact) mass is 347 g/mol. The molecule has 138 valence electrons. The highest BCUT2D eigenvalue weighted by Crippen LogP contribution is 2.17.